The molecule has 28 heavy (non-hydrogen) atoms. The molecule has 1 amide bonds. The molecule has 3 aromatic rings. The largest absolute Gasteiger partial charge is 0.323 e. The van der Waals surface area contributed by atoms with Gasteiger partial charge in [0.25, 0.3) is 0 Å². The lowest BCUT2D eigenvalue weighted by Gasteiger charge is -2.36. The molecule has 3 N–H and O–H groups in total. The molecule has 6 heteroatoms. The third-order valence-electron chi connectivity index (χ3n) is 5.26. The Kier molecular flexibility index (Phi) is 4.96. The van der Waals surface area contributed by atoms with E-state index in [9.17, 15) is 4.79 Å². The van der Waals surface area contributed by atoms with Gasteiger partial charge in [0.15, 0.2) is 6.29 Å². The van der Waals surface area contributed by atoms with E-state index in [4.69, 9.17) is 0 Å². The zero-order valence-corrected chi connectivity index (χ0v) is 16.4. The Hall–Kier alpha value is -2.99. The van der Waals surface area contributed by atoms with Crippen LogP contribution < -0.4 is 16.0 Å². The maximum Gasteiger partial charge on any atom is 0.227 e. The SMILES string of the molecule is Cc1cccc(CC2C(=O)NC(Nc3nc(C)c4ccccc4n3)NC2C)c1. The molecular weight excluding hydrogens is 350 g/mol. The lowest BCUT2D eigenvalue weighted by Crippen LogP contribution is -2.63. The fourth-order valence-corrected chi connectivity index (χ4v) is 3.77. The van der Waals surface area contributed by atoms with Crippen LogP contribution in [0.4, 0.5) is 5.95 Å². The zero-order valence-electron chi connectivity index (χ0n) is 16.4. The molecular formula is C22H25N5O. The minimum atomic E-state index is -0.406. The summed E-state index contributed by atoms with van der Waals surface area (Å²) in [5.74, 6) is 0.403. The quantitative estimate of drug-likeness (QED) is 0.653. The van der Waals surface area contributed by atoms with E-state index in [-0.39, 0.29) is 17.9 Å². The number of aryl methyl sites for hydroxylation is 2. The molecule has 1 saturated heterocycles. The Balaban J connectivity index is 1.46. The summed E-state index contributed by atoms with van der Waals surface area (Å²) in [5, 5.41) is 10.7. The average molecular weight is 375 g/mol. The van der Waals surface area contributed by atoms with Gasteiger partial charge in [-0.3, -0.25) is 10.1 Å². The van der Waals surface area contributed by atoms with E-state index in [2.05, 4.69) is 51.0 Å². The monoisotopic (exact) mass is 375 g/mol. The summed E-state index contributed by atoms with van der Waals surface area (Å²) in [4.78, 5) is 21.8. The number of amides is 1. The second-order valence-electron chi connectivity index (χ2n) is 7.49. The molecule has 0 bridgehead atoms. The van der Waals surface area contributed by atoms with E-state index in [0.717, 1.165) is 16.6 Å². The first kappa shape index (κ1) is 18.4. The predicted octanol–water partition coefficient (Wildman–Crippen LogP) is 2.91. The summed E-state index contributed by atoms with van der Waals surface area (Å²) < 4.78 is 0. The highest BCUT2D eigenvalue weighted by molar-refractivity contribution is 5.82. The van der Waals surface area contributed by atoms with Gasteiger partial charge in [0, 0.05) is 11.4 Å². The smallest absolute Gasteiger partial charge is 0.227 e. The fourth-order valence-electron chi connectivity index (χ4n) is 3.77. The number of carbonyl (C=O) groups excluding carboxylic acids is 1. The lowest BCUT2D eigenvalue weighted by atomic mass is 9.90. The van der Waals surface area contributed by atoms with E-state index in [0.29, 0.717) is 12.4 Å². The molecule has 3 unspecified atom stereocenters. The number of hydrogen-bond acceptors (Lipinski definition) is 5. The summed E-state index contributed by atoms with van der Waals surface area (Å²) in [6.07, 6.45) is 0.303. The van der Waals surface area contributed by atoms with Crippen LogP contribution in [0, 0.1) is 19.8 Å². The normalized spacial score (nSPS) is 22.1. The fraction of sp³-hybridized carbons (Fsp3) is 0.318. The molecule has 0 saturated carbocycles. The Morgan fingerprint density at radius 2 is 1.89 bits per heavy atom. The van der Waals surface area contributed by atoms with Gasteiger partial charge in [0.05, 0.1) is 17.1 Å². The van der Waals surface area contributed by atoms with Gasteiger partial charge in [-0.15, -0.1) is 0 Å². The number of benzene rings is 2. The molecule has 1 aliphatic heterocycles. The Morgan fingerprint density at radius 3 is 2.68 bits per heavy atom. The highest BCUT2D eigenvalue weighted by Crippen LogP contribution is 2.19. The van der Waals surface area contributed by atoms with Gasteiger partial charge < -0.3 is 10.6 Å². The van der Waals surface area contributed by atoms with Crippen LogP contribution in [0.1, 0.15) is 23.7 Å². The second-order valence-corrected chi connectivity index (χ2v) is 7.49. The van der Waals surface area contributed by atoms with E-state index in [1.54, 1.807) is 0 Å². The first-order chi connectivity index (χ1) is 13.5. The van der Waals surface area contributed by atoms with Crippen molar-refractivity contribution in [3.63, 3.8) is 0 Å². The lowest BCUT2D eigenvalue weighted by molar-refractivity contribution is -0.128. The van der Waals surface area contributed by atoms with Crippen LogP contribution in [-0.2, 0) is 11.2 Å². The predicted molar refractivity (Wildman–Crippen MR) is 111 cm³/mol. The molecule has 0 aliphatic carbocycles. The van der Waals surface area contributed by atoms with Crippen molar-refractivity contribution in [2.75, 3.05) is 5.32 Å². The summed E-state index contributed by atoms with van der Waals surface area (Å²) in [6, 6.07) is 16.2. The maximum absolute atomic E-state index is 12.7. The van der Waals surface area contributed by atoms with Crippen molar-refractivity contribution in [2.24, 2.45) is 5.92 Å². The number of fused-ring (bicyclic) bond motifs is 1. The average Bonchev–Trinajstić information content (AvgIpc) is 2.65. The maximum atomic E-state index is 12.7. The number of rotatable bonds is 4. The summed E-state index contributed by atoms with van der Waals surface area (Å²) in [5.41, 5.74) is 4.16. The molecule has 6 nitrogen and oxygen atoms in total. The minimum absolute atomic E-state index is 0.0216. The summed E-state index contributed by atoms with van der Waals surface area (Å²) >= 11 is 0. The number of para-hydroxylation sites is 1. The van der Waals surface area contributed by atoms with Crippen LogP contribution in [0.2, 0.25) is 0 Å². The van der Waals surface area contributed by atoms with Crippen molar-refractivity contribution >= 4 is 22.8 Å². The van der Waals surface area contributed by atoms with Crippen LogP contribution in [0.15, 0.2) is 48.5 Å². The summed E-state index contributed by atoms with van der Waals surface area (Å²) in [6.45, 7) is 6.07. The van der Waals surface area contributed by atoms with Crippen molar-refractivity contribution in [3.8, 4) is 0 Å². The van der Waals surface area contributed by atoms with Crippen molar-refractivity contribution in [3.05, 3.63) is 65.4 Å². The van der Waals surface area contributed by atoms with E-state index in [1.165, 1.54) is 11.1 Å². The molecule has 3 atom stereocenters. The molecule has 1 aromatic heterocycles. The van der Waals surface area contributed by atoms with Crippen LogP contribution in [0.25, 0.3) is 10.9 Å². The molecule has 2 heterocycles. The van der Waals surface area contributed by atoms with Gasteiger partial charge in [-0.25, -0.2) is 9.97 Å². The highest BCUT2D eigenvalue weighted by atomic mass is 16.2. The minimum Gasteiger partial charge on any atom is -0.323 e. The molecule has 1 aliphatic rings. The molecule has 144 valence electrons. The number of hydrogen-bond donors (Lipinski definition) is 3. The molecule has 0 radical (unpaired) electrons. The van der Waals surface area contributed by atoms with Gasteiger partial charge in [-0.05, 0) is 38.8 Å². The Bertz CT molecular complexity index is 1020. The van der Waals surface area contributed by atoms with Crippen LogP contribution >= 0.6 is 0 Å². The van der Waals surface area contributed by atoms with Crippen LogP contribution in [0.5, 0.6) is 0 Å². The number of anilines is 1. The topological polar surface area (TPSA) is 78.9 Å². The number of carbonyl (C=O) groups is 1. The van der Waals surface area contributed by atoms with E-state index >= 15 is 0 Å². The van der Waals surface area contributed by atoms with Crippen molar-refractivity contribution in [2.45, 2.75) is 39.5 Å². The van der Waals surface area contributed by atoms with Crippen LogP contribution in [-0.4, -0.2) is 28.2 Å². The Labute approximate surface area is 164 Å². The highest BCUT2D eigenvalue weighted by Gasteiger charge is 2.33. The molecule has 4 rings (SSSR count). The number of aromatic nitrogens is 2. The molecule has 0 spiro atoms. The number of nitrogens with zero attached hydrogens (tertiary/aromatic N) is 2. The van der Waals surface area contributed by atoms with E-state index < -0.39 is 6.29 Å². The number of nitrogens with one attached hydrogen (secondary N) is 3. The van der Waals surface area contributed by atoms with E-state index in [1.807, 2.05) is 44.2 Å². The third-order valence-corrected chi connectivity index (χ3v) is 5.26. The third kappa shape index (κ3) is 3.82. The van der Waals surface area contributed by atoms with Gasteiger partial charge in [-0.2, -0.15) is 0 Å². The first-order valence-corrected chi connectivity index (χ1v) is 9.61. The first-order valence-electron chi connectivity index (χ1n) is 9.61. The van der Waals surface area contributed by atoms with Gasteiger partial charge in [-0.1, -0.05) is 48.0 Å². The summed E-state index contributed by atoms with van der Waals surface area (Å²) in [7, 11) is 0. The van der Waals surface area contributed by atoms with Crippen molar-refractivity contribution < 1.29 is 4.79 Å². The van der Waals surface area contributed by atoms with Gasteiger partial charge in [0.1, 0.15) is 0 Å². The second kappa shape index (κ2) is 7.56. The van der Waals surface area contributed by atoms with Crippen molar-refractivity contribution in [1.29, 1.82) is 0 Å². The molecule has 1 fully saturated rings. The van der Waals surface area contributed by atoms with Gasteiger partial charge >= 0.3 is 0 Å². The van der Waals surface area contributed by atoms with Gasteiger partial charge in [0.2, 0.25) is 11.9 Å². The van der Waals surface area contributed by atoms with Crippen molar-refractivity contribution in [1.82, 2.24) is 20.6 Å². The van der Waals surface area contributed by atoms with Crippen LogP contribution in [0.3, 0.4) is 0 Å². The zero-order chi connectivity index (χ0) is 19.7. The standard InChI is InChI=1S/C22H25N5O/c1-13-7-6-8-16(11-13)12-18-15(3)24-22(26-20(18)28)27-21-23-14(2)17-9-4-5-10-19(17)25-21/h4-11,15,18,22,24H,12H2,1-3H3,(H,26,28)(H,23,25,27). The Morgan fingerprint density at radius 1 is 1.07 bits per heavy atom. The molecule has 2 aromatic carbocycles.